The van der Waals surface area contributed by atoms with Gasteiger partial charge >= 0.3 is 0 Å². The summed E-state index contributed by atoms with van der Waals surface area (Å²) >= 11 is 0. The van der Waals surface area contributed by atoms with Gasteiger partial charge in [0.05, 0.1) is 6.54 Å². The quantitative estimate of drug-likeness (QED) is 0.737. The summed E-state index contributed by atoms with van der Waals surface area (Å²) in [5.74, 6) is 0.867. The van der Waals surface area contributed by atoms with Gasteiger partial charge in [-0.15, -0.1) is 10.2 Å². The molecule has 1 N–H and O–H groups in total. The molecule has 0 amide bonds. The molecule has 0 saturated heterocycles. The van der Waals surface area contributed by atoms with E-state index in [-0.39, 0.29) is 6.29 Å². The van der Waals surface area contributed by atoms with Crippen molar-refractivity contribution < 1.29 is 9.47 Å². The molecule has 6 heteroatoms. The van der Waals surface area contributed by atoms with Crippen LogP contribution in [-0.2, 0) is 16.0 Å². The van der Waals surface area contributed by atoms with Crippen LogP contribution >= 0.6 is 0 Å². The molecule has 2 rings (SSSR count). The number of nitrogens with zero attached hydrogens (tertiary/aromatic N) is 3. The van der Waals surface area contributed by atoms with Crippen molar-refractivity contribution in [1.82, 2.24) is 19.9 Å². The minimum Gasteiger partial charge on any atom is -0.355 e. The summed E-state index contributed by atoms with van der Waals surface area (Å²) in [6.07, 6.45) is 1.70. The fourth-order valence-corrected chi connectivity index (χ4v) is 1.58. The number of fused-ring (bicyclic) bond motifs is 1. The monoisotopic (exact) mass is 236 g/mol. The van der Waals surface area contributed by atoms with Gasteiger partial charge in [0.15, 0.2) is 17.8 Å². The van der Waals surface area contributed by atoms with Crippen LogP contribution in [0.4, 0.5) is 0 Å². The molecular formula is C11H16N4O2. The van der Waals surface area contributed by atoms with E-state index in [9.17, 15) is 0 Å². The zero-order chi connectivity index (χ0) is 12.1. The van der Waals surface area contributed by atoms with Crippen molar-refractivity contribution in [2.45, 2.75) is 12.8 Å². The van der Waals surface area contributed by atoms with Crippen LogP contribution in [0.5, 0.6) is 0 Å². The predicted molar refractivity (Wildman–Crippen MR) is 62.5 cm³/mol. The van der Waals surface area contributed by atoms with Crippen molar-refractivity contribution in [3.05, 3.63) is 30.2 Å². The fourth-order valence-electron chi connectivity index (χ4n) is 1.58. The summed E-state index contributed by atoms with van der Waals surface area (Å²) in [5, 5.41) is 11.4. The highest BCUT2D eigenvalue weighted by Gasteiger charge is 2.07. The van der Waals surface area contributed by atoms with E-state index in [1.165, 1.54) is 0 Å². The first-order valence-corrected chi connectivity index (χ1v) is 5.40. The Morgan fingerprint density at radius 3 is 2.88 bits per heavy atom. The fraction of sp³-hybridized carbons (Fsp3) is 0.455. The molecule has 0 saturated carbocycles. The van der Waals surface area contributed by atoms with Gasteiger partial charge in [-0.2, -0.15) is 0 Å². The van der Waals surface area contributed by atoms with Gasteiger partial charge in [-0.25, -0.2) is 0 Å². The van der Waals surface area contributed by atoms with E-state index in [4.69, 9.17) is 9.47 Å². The van der Waals surface area contributed by atoms with Crippen LogP contribution in [0, 0.1) is 0 Å². The minimum absolute atomic E-state index is 0.241. The Labute approximate surface area is 99.6 Å². The van der Waals surface area contributed by atoms with E-state index in [0.717, 1.165) is 11.5 Å². The second-order valence-electron chi connectivity index (χ2n) is 3.58. The number of ether oxygens (including phenoxy) is 2. The highest BCUT2D eigenvalue weighted by atomic mass is 16.7. The third-order valence-electron chi connectivity index (χ3n) is 2.50. The van der Waals surface area contributed by atoms with E-state index < -0.39 is 0 Å². The maximum atomic E-state index is 5.08. The third kappa shape index (κ3) is 2.79. The lowest BCUT2D eigenvalue weighted by Gasteiger charge is -2.13. The molecule has 2 aromatic rings. The van der Waals surface area contributed by atoms with Crippen LogP contribution in [0.25, 0.3) is 5.65 Å². The zero-order valence-electron chi connectivity index (χ0n) is 9.96. The standard InChI is InChI=1S/C11H16N4O2/c1-16-11(17-2)8-12-7-10-14-13-9-5-3-4-6-15(9)10/h3-6,11-12H,7-8H2,1-2H3. The lowest BCUT2D eigenvalue weighted by molar-refractivity contribution is -0.0989. The first-order chi connectivity index (χ1) is 8.35. The molecule has 0 unspecified atom stereocenters. The first-order valence-electron chi connectivity index (χ1n) is 5.40. The molecule has 6 nitrogen and oxygen atoms in total. The maximum Gasteiger partial charge on any atom is 0.169 e. The largest absolute Gasteiger partial charge is 0.355 e. The highest BCUT2D eigenvalue weighted by Crippen LogP contribution is 2.02. The summed E-state index contributed by atoms with van der Waals surface area (Å²) in [7, 11) is 3.23. The van der Waals surface area contributed by atoms with Crippen molar-refractivity contribution in [2.75, 3.05) is 20.8 Å². The average molecular weight is 236 g/mol. The highest BCUT2D eigenvalue weighted by molar-refractivity contribution is 5.36. The van der Waals surface area contributed by atoms with E-state index in [1.807, 2.05) is 28.8 Å². The molecule has 0 fully saturated rings. The molecule has 2 aromatic heterocycles. The number of aromatic nitrogens is 3. The number of pyridine rings is 1. The van der Waals surface area contributed by atoms with Gasteiger partial charge in [0.2, 0.25) is 0 Å². The smallest absolute Gasteiger partial charge is 0.169 e. The summed E-state index contributed by atoms with van der Waals surface area (Å²) in [6.45, 7) is 1.23. The molecule has 0 spiro atoms. The second-order valence-corrected chi connectivity index (χ2v) is 3.58. The number of methoxy groups -OCH3 is 2. The number of nitrogens with one attached hydrogen (secondary N) is 1. The number of hydrogen-bond acceptors (Lipinski definition) is 5. The van der Waals surface area contributed by atoms with Crippen LogP contribution < -0.4 is 5.32 Å². The molecule has 2 heterocycles. The third-order valence-corrected chi connectivity index (χ3v) is 2.50. The van der Waals surface area contributed by atoms with Gasteiger partial charge < -0.3 is 14.8 Å². The molecule has 0 aliphatic heterocycles. The second kappa shape index (κ2) is 5.72. The Balaban J connectivity index is 1.95. The minimum atomic E-state index is -0.241. The summed E-state index contributed by atoms with van der Waals surface area (Å²) in [5.41, 5.74) is 0.847. The SMILES string of the molecule is COC(CNCc1nnc2ccccn12)OC. The molecule has 0 aliphatic rings. The topological polar surface area (TPSA) is 60.7 Å². The van der Waals surface area contributed by atoms with E-state index in [2.05, 4.69) is 15.5 Å². The van der Waals surface area contributed by atoms with Gasteiger partial charge in [0.25, 0.3) is 0 Å². The van der Waals surface area contributed by atoms with Crippen molar-refractivity contribution in [2.24, 2.45) is 0 Å². The Morgan fingerprint density at radius 2 is 2.12 bits per heavy atom. The number of rotatable bonds is 6. The summed E-state index contributed by atoms with van der Waals surface area (Å²) in [6, 6.07) is 5.81. The van der Waals surface area contributed by atoms with E-state index in [1.54, 1.807) is 14.2 Å². The lowest BCUT2D eigenvalue weighted by Crippen LogP contribution is -2.29. The van der Waals surface area contributed by atoms with E-state index >= 15 is 0 Å². The van der Waals surface area contributed by atoms with Crippen molar-refractivity contribution in [3.8, 4) is 0 Å². The molecule has 0 bridgehead atoms. The van der Waals surface area contributed by atoms with Gasteiger partial charge in [0.1, 0.15) is 0 Å². The predicted octanol–water partition coefficient (Wildman–Crippen LogP) is 0.438. The van der Waals surface area contributed by atoms with Crippen LogP contribution in [0.1, 0.15) is 5.82 Å². The molecule has 0 aromatic carbocycles. The summed E-state index contributed by atoms with van der Waals surface area (Å²) < 4.78 is 12.1. The zero-order valence-corrected chi connectivity index (χ0v) is 9.96. The van der Waals surface area contributed by atoms with Crippen LogP contribution in [0.15, 0.2) is 24.4 Å². The Kier molecular flexibility index (Phi) is 4.03. The molecule has 0 aliphatic carbocycles. The molecule has 17 heavy (non-hydrogen) atoms. The van der Waals surface area contributed by atoms with E-state index in [0.29, 0.717) is 13.1 Å². The molecular weight excluding hydrogens is 220 g/mol. The van der Waals surface area contributed by atoms with Gasteiger partial charge in [-0.1, -0.05) is 6.07 Å². The van der Waals surface area contributed by atoms with Gasteiger partial charge in [0, 0.05) is 27.0 Å². The van der Waals surface area contributed by atoms with Crippen LogP contribution in [0.2, 0.25) is 0 Å². The average Bonchev–Trinajstić information content (AvgIpc) is 2.78. The van der Waals surface area contributed by atoms with Crippen molar-refractivity contribution in [1.29, 1.82) is 0 Å². The summed E-state index contributed by atoms with van der Waals surface area (Å²) in [4.78, 5) is 0. The number of hydrogen-bond donors (Lipinski definition) is 1. The Bertz CT molecular complexity index is 467. The van der Waals surface area contributed by atoms with Crippen LogP contribution in [0.3, 0.4) is 0 Å². The molecule has 92 valence electrons. The van der Waals surface area contributed by atoms with Gasteiger partial charge in [-0.05, 0) is 12.1 Å². The molecule has 0 atom stereocenters. The first kappa shape index (κ1) is 12.0. The lowest BCUT2D eigenvalue weighted by atomic mass is 10.4. The van der Waals surface area contributed by atoms with Crippen molar-refractivity contribution in [3.63, 3.8) is 0 Å². The normalized spacial score (nSPS) is 11.5. The Hall–Kier alpha value is -1.50. The van der Waals surface area contributed by atoms with Crippen molar-refractivity contribution >= 4 is 5.65 Å². The molecule has 0 radical (unpaired) electrons. The van der Waals surface area contributed by atoms with Gasteiger partial charge in [-0.3, -0.25) is 4.40 Å². The Morgan fingerprint density at radius 1 is 1.29 bits per heavy atom. The maximum absolute atomic E-state index is 5.08. The van der Waals surface area contributed by atoms with Crippen LogP contribution in [-0.4, -0.2) is 41.7 Å².